The van der Waals surface area contributed by atoms with Gasteiger partial charge in [-0.1, -0.05) is 0 Å². The van der Waals surface area contributed by atoms with Crippen molar-refractivity contribution < 1.29 is 4.39 Å². The Morgan fingerprint density at radius 3 is 2.40 bits per heavy atom. The first-order valence-electron chi connectivity index (χ1n) is 1.39. The molecule has 0 aromatic carbocycles. The molecule has 0 saturated heterocycles. The Bertz CT molecular complexity index is 14.4. The van der Waals surface area contributed by atoms with Gasteiger partial charge in [0.2, 0.25) is 0 Å². The quantitative estimate of drug-likeness (QED) is 0.459. The average molecular weight is 95.5 g/mol. The SMILES string of the molecule is F[CH]CCCl. The van der Waals surface area contributed by atoms with Crippen molar-refractivity contribution in [2.75, 3.05) is 5.88 Å². The van der Waals surface area contributed by atoms with Crippen molar-refractivity contribution in [3.8, 4) is 0 Å². The zero-order valence-electron chi connectivity index (χ0n) is 2.75. The fourth-order valence-corrected chi connectivity index (χ4v) is 0.124. The van der Waals surface area contributed by atoms with Crippen molar-refractivity contribution in [3.63, 3.8) is 0 Å². The number of hydrogen-bond donors (Lipinski definition) is 0. The fourth-order valence-electron chi connectivity index (χ4n) is 0.0412. The highest BCUT2D eigenvalue weighted by Crippen LogP contribution is 1.87. The highest BCUT2D eigenvalue weighted by Gasteiger charge is 1.74. The van der Waals surface area contributed by atoms with Gasteiger partial charge < -0.3 is 0 Å². The lowest BCUT2D eigenvalue weighted by atomic mass is 10.6. The molecule has 0 aliphatic carbocycles. The smallest absolute Gasteiger partial charge is 0.132 e. The number of halogens is 2. The Balaban J connectivity index is 2.19. The summed E-state index contributed by atoms with van der Waals surface area (Å²) in [5, 5.41) is 0. The van der Waals surface area contributed by atoms with Crippen LogP contribution in [0.5, 0.6) is 0 Å². The molecule has 0 spiro atoms. The summed E-state index contributed by atoms with van der Waals surface area (Å²) in [6, 6.07) is 0. The lowest BCUT2D eigenvalue weighted by Crippen LogP contribution is -1.65. The summed E-state index contributed by atoms with van der Waals surface area (Å²) in [7, 11) is 0. The summed E-state index contributed by atoms with van der Waals surface area (Å²) < 4.78 is 10.8. The van der Waals surface area contributed by atoms with E-state index in [2.05, 4.69) is 0 Å². The predicted molar refractivity (Wildman–Crippen MR) is 20.7 cm³/mol. The topological polar surface area (TPSA) is 0 Å². The molecule has 0 nitrogen and oxygen atoms in total. The maximum Gasteiger partial charge on any atom is 0.132 e. The van der Waals surface area contributed by atoms with Crippen molar-refractivity contribution in [1.82, 2.24) is 0 Å². The monoisotopic (exact) mass is 95.0 g/mol. The second-order valence-electron chi connectivity index (χ2n) is 0.632. The van der Waals surface area contributed by atoms with E-state index < -0.39 is 0 Å². The van der Waals surface area contributed by atoms with Crippen LogP contribution in [0.4, 0.5) is 4.39 Å². The molecule has 0 atom stereocenters. The van der Waals surface area contributed by atoms with Crippen LogP contribution in [0.25, 0.3) is 0 Å². The van der Waals surface area contributed by atoms with Crippen molar-refractivity contribution in [2.24, 2.45) is 0 Å². The molecule has 0 aliphatic heterocycles. The van der Waals surface area contributed by atoms with E-state index in [0.717, 1.165) is 0 Å². The van der Waals surface area contributed by atoms with Gasteiger partial charge in [-0.2, -0.15) is 0 Å². The normalized spacial score (nSPS) is 8.40. The van der Waals surface area contributed by atoms with Crippen molar-refractivity contribution in [2.45, 2.75) is 6.42 Å². The molecule has 0 aliphatic rings. The summed E-state index contributed by atoms with van der Waals surface area (Å²) >= 11 is 5.03. The van der Waals surface area contributed by atoms with Gasteiger partial charge in [-0.25, -0.2) is 4.39 Å². The van der Waals surface area contributed by atoms with Crippen molar-refractivity contribution >= 4 is 11.6 Å². The van der Waals surface area contributed by atoms with Crippen LogP contribution >= 0.6 is 11.6 Å². The Morgan fingerprint density at radius 2 is 2.40 bits per heavy atom. The summed E-state index contributed by atoms with van der Waals surface area (Å²) in [5.74, 6) is 0.385. The minimum atomic E-state index is 0.363. The van der Waals surface area contributed by atoms with Gasteiger partial charge in [0.15, 0.2) is 0 Å². The van der Waals surface area contributed by atoms with E-state index in [0.29, 0.717) is 19.0 Å². The Labute approximate surface area is 35.9 Å². The number of rotatable bonds is 2. The lowest BCUT2D eigenvalue weighted by Gasteiger charge is -1.73. The summed E-state index contributed by atoms with van der Waals surface area (Å²) in [6.07, 6.45) is 0.363. The largest absolute Gasteiger partial charge is 0.244 e. The molecule has 0 saturated carbocycles. The molecule has 5 heavy (non-hydrogen) atoms. The van der Waals surface area contributed by atoms with E-state index in [-0.39, 0.29) is 0 Å². The van der Waals surface area contributed by atoms with E-state index in [1.54, 1.807) is 0 Å². The van der Waals surface area contributed by atoms with Gasteiger partial charge in [0, 0.05) is 5.88 Å². The van der Waals surface area contributed by atoms with Crippen LogP contribution in [0.3, 0.4) is 0 Å². The third-order valence-electron chi connectivity index (χ3n) is 0.218. The van der Waals surface area contributed by atoms with E-state index in [9.17, 15) is 4.39 Å². The summed E-state index contributed by atoms with van der Waals surface area (Å²) in [4.78, 5) is 0. The van der Waals surface area contributed by atoms with E-state index in [1.807, 2.05) is 0 Å². The van der Waals surface area contributed by atoms with Gasteiger partial charge in [-0.15, -0.1) is 11.6 Å². The van der Waals surface area contributed by atoms with Gasteiger partial charge in [0.25, 0.3) is 0 Å². The van der Waals surface area contributed by atoms with Crippen LogP contribution < -0.4 is 0 Å². The molecule has 0 amide bonds. The minimum absolute atomic E-state index is 0.363. The number of hydrogen-bond acceptors (Lipinski definition) is 0. The van der Waals surface area contributed by atoms with Crippen LogP contribution in [0.2, 0.25) is 0 Å². The lowest BCUT2D eigenvalue weighted by molar-refractivity contribution is 0.593. The van der Waals surface area contributed by atoms with E-state index >= 15 is 0 Å². The van der Waals surface area contributed by atoms with Crippen LogP contribution in [0.15, 0.2) is 0 Å². The molecule has 31 valence electrons. The molecule has 0 bridgehead atoms. The molecule has 1 radical (unpaired) electrons. The molecule has 2 heteroatoms. The molecular formula is C3H5ClF. The van der Waals surface area contributed by atoms with Crippen LogP contribution in [-0.4, -0.2) is 5.88 Å². The van der Waals surface area contributed by atoms with Crippen molar-refractivity contribution in [1.29, 1.82) is 0 Å². The van der Waals surface area contributed by atoms with Crippen LogP contribution in [0, 0.1) is 6.67 Å². The first-order valence-corrected chi connectivity index (χ1v) is 1.93. The van der Waals surface area contributed by atoms with Gasteiger partial charge >= 0.3 is 0 Å². The number of alkyl halides is 1. The fraction of sp³-hybridized carbons (Fsp3) is 0.667. The summed E-state index contributed by atoms with van der Waals surface area (Å²) in [5.41, 5.74) is 0. The van der Waals surface area contributed by atoms with Crippen LogP contribution in [-0.2, 0) is 0 Å². The molecule has 0 aromatic rings. The average Bonchev–Trinajstić information content (AvgIpc) is 1.41. The zero-order chi connectivity index (χ0) is 4.12. The second kappa shape index (κ2) is 4.22. The second-order valence-corrected chi connectivity index (χ2v) is 1.01. The first kappa shape index (κ1) is 5.22. The maximum atomic E-state index is 10.8. The predicted octanol–water partition coefficient (Wildman–Crippen LogP) is 1.75. The van der Waals surface area contributed by atoms with E-state index in [1.165, 1.54) is 0 Å². The van der Waals surface area contributed by atoms with Gasteiger partial charge in [0.1, 0.15) is 6.67 Å². The molecule has 0 N–H and O–H groups in total. The third kappa shape index (κ3) is 4.22. The standard InChI is InChI=1S/C3H5ClF/c4-2-1-3-5/h3H,1-2H2. The molecule has 0 rings (SSSR count). The molecule has 0 heterocycles. The Kier molecular flexibility index (Phi) is 4.41. The van der Waals surface area contributed by atoms with Gasteiger partial charge in [0.05, 0.1) is 0 Å². The Hall–Kier alpha value is 0.220. The molecule has 0 fully saturated rings. The molecule has 0 unspecified atom stereocenters. The van der Waals surface area contributed by atoms with Crippen molar-refractivity contribution in [3.05, 3.63) is 6.67 Å². The highest BCUT2D eigenvalue weighted by molar-refractivity contribution is 6.17. The Morgan fingerprint density at radius 1 is 1.80 bits per heavy atom. The molecule has 0 aromatic heterocycles. The maximum absolute atomic E-state index is 10.8. The first-order chi connectivity index (χ1) is 2.41. The van der Waals surface area contributed by atoms with Gasteiger partial charge in [-0.05, 0) is 6.42 Å². The summed E-state index contributed by atoms with van der Waals surface area (Å²) in [6.45, 7) is 0.549. The van der Waals surface area contributed by atoms with Gasteiger partial charge in [-0.3, -0.25) is 0 Å². The minimum Gasteiger partial charge on any atom is -0.244 e. The zero-order valence-corrected chi connectivity index (χ0v) is 3.50. The van der Waals surface area contributed by atoms with E-state index in [4.69, 9.17) is 11.6 Å². The molecular weight excluding hydrogens is 90.5 g/mol. The van der Waals surface area contributed by atoms with Crippen LogP contribution in [0.1, 0.15) is 6.42 Å². The highest BCUT2D eigenvalue weighted by atomic mass is 35.5. The third-order valence-corrected chi connectivity index (χ3v) is 0.436.